The number of benzene rings is 2. The monoisotopic (exact) mass is 518 g/mol. The molecule has 2 N–H and O–H groups in total. The number of piperidine rings is 1. The summed E-state index contributed by atoms with van der Waals surface area (Å²) in [4.78, 5) is 13.9. The highest BCUT2D eigenvalue weighted by Gasteiger charge is 2.31. The number of hydroxylamine groups is 2. The summed E-state index contributed by atoms with van der Waals surface area (Å²) in [5.74, 6) is 7.73. The van der Waals surface area contributed by atoms with Crippen molar-refractivity contribution in [1.29, 1.82) is 0 Å². The third-order valence-electron chi connectivity index (χ3n) is 6.52. The van der Waals surface area contributed by atoms with E-state index < -0.39 is 11.6 Å². The summed E-state index contributed by atoms with van der Waals surface area (Å²) < 4.78 is 12.6. The molecule has 0 saturated carbocycles. The molecule has 1 aliphatic heterocycles. The summed E-state index contributed by atoms with van der Waals surface area (Å²) in [7, 11) is 4.58. The average molecular weight is 519 g/mol. The zero-order valence-corrected chi connectivity index (χ0v) is 22.4. The number of likely N-dealkylation sites (tertiary alicyclic amines) is 1. The van der Waals surface area contributed by atoms with Crippen LogP contribution in [-0.4, -0.2) is 76.0 Å². The summed E-state index contributed by atoms with van der Waals surface area (Å²) in [5.41, 5.74) is 2.89. The van der Waals surface area contributed by atoms with E-state index in [9.17, 15) is 15.1 Å². The number of aromatic nitrogens is 2. The normalized spacial score (nSPS) is 14.0. The Labute approximate surface area is 223 Å². The maximum Gasteiger partial charge on any atom is 0.343 e. The van der Waals surface area contributed by atoms with Crippen molar-refractivity contribution >= 4 is 6.03 Å². The molecule has 9 nitrogen and oxygen atoms in total. The minimum Gasteiger partial charge on any atom is -0.497 e. The lowest BCUT2D eigenvalue weighted by molar-refractivity contribution is -0.0356. The molecule has 1 fully saturated rings. The Hall–Kier alpha value is -4.00. The molecule has 2 amide bonds. The highest BCUT2D eigenvalue weighted by molar-refractivity contribution is 5.74. The molecule has 0 unspecified atom stereocenters. The fraction of sp³-hybridized carbons (Fsp3) is 0.379. The van der Waals surface area contributed by atoms with E-state index in [0.717, 1.165) is 39.7 Å². The predicted molar refractivity (Wildman–Crippen MR) is 144 cm³/mol. The van der Waals surface area contributed by atoms with E-state index in [1.54, 1.807) is 33.0 Å². The van der Waals surface area contributed by atoms with Crippen LogP contribution in [0.15, 0.2) is 48.5 Å². The van der Waals surface area contributed by atoms with Crippen LogP contribution in [-0.2, 0) is 0 Å². The number of amides is 2. The van der Waals surface area contributed by atoms with E-state index in [0.29, 0.717) is 31.0 Å². The predicted octanol–water partition coefficient (Wildman–Crippen LogP) is 4.30. The largest absolute Gasteiger partial charge is 0.497 e. The zero-order chi connectivity index (χ0) is 27.4. The summed E-state index contributed by atoms with van der Waals surface area (Å²) in [6, 6.07) is 14.9. The molecule has 1 aliphatic rings. The molecule has 1 saturated heterocycles. The summed E-state index contributed by atoms with van der Waals surface area (Å²) in [6.45, 7) is 4.27. The fourth-order valence-corrected chi connectivity index (χ4v) is 4.53. The van der Waals surface area contributed by atoms with Gasteiger partial charge < -0.3 is 19.5 Å². The van der Waals surface area contributed by atoms with Gasteiger partial charge in [-0.05, 0) is 75.2 Å². The topological polar surface area (TPSA) is 100 Å². The second kappa shape index (κ2) is 11.2. The fourth-order valence-electron chi connectivity index (χ4n) is 4.53. The molecule has 4 rings (SSSR count). The first-order valence-corrected chi connectivity index (χ1v) is 12.5. The molecule has 38 heavy (non-hydrogen) atoms. The molecule has 0 spiro atoms. The Morgan fingerprint density at radius 3 is 2.08 bits per heavy atom. The first-order chi connectivity index (χ1) is 18.1. The smallest absolute Gasteiger partial charge is 0.343 e. The third-order valence-corrected chi connectivity index (χ3v) is 6.52. The Bertz CT molecular complexity index is 1320. The number of nitrogens with zero attached hydrogens (tertiary/aromatic N) is 4. The number of urea groups is 1. The molecule has 1 aromatic heterocycles. The van der Waals surface area contributed by atoms with Crippen molar-refractivity contribution in [3.8, 4) is 40.3 Å². The maximum absolute atomic E-state index is 12.3. The van der Waals surface area contributed by atoms with Crippen LogP contribution >= 0.6 is 0 Å². The van der Waals surface area contributed by atoms with E-state index in [-0.39, 0.29) is 5.92 Å². The van der Waals surface area contributed by atoms with Crippen LogP contribution in [0.2, 0.25) is 0 Å². The lowest BCUT2D eigenvalue weighted by Crippen LogP contribution is -2.43. The molecule has 200 valence electrons. The molecular formula is C29H34N4O5. The van der Waals surface area contributed by atoms with Gasteiger partial charge in [0.15, 0.2) is 0 Å². The molecule has 0 radical (unpaired) electrons. The van der Waals surface area contributed by atoms with Crippen LogP contribution in [0.25, 0.3) is 16.9 Å². The first-order valence-electron chi connectivity index (χ1n) is 12.5. The Morgan fingerprint density at radius 1 is 1.03 bits per heavy atom. The van der Waals surface area contributed by atoms with E-state index in [4.69, 9.17) is 14.6 Å². The minimum absolute atomic E-state index is 0.0330. The Morgan fingerprint density at radius 2 is 1.58 bits per heavy atom. The van der Waals surface area contributed by atoms with Gasteiger partial charge in [0.1, 0.15) is 17.1 Å². The number of aliphatic hydroxyl groups is 1. The Kier molecular flexibility index (Phi) is 7.95. The highest BCUT2D eigenvalue weighted by atomic mass is 16.5. The zero-order valence-electron chi connectivity index (χ0n) is 22.4. The highest BCUT2D eigenvalue weighted by Crippen LogP contribution is 2.37. The lowest BCUT2D eigenvalue weighted by Gasteiger charge is -2.32. The van der Waals surface area contributed by atoms with Crippen LogP contribution in [0, 0.1) is 11.8 Å². The van der Waals surface area contributed by atoms with Gasteiger partial charge in [-0.3, -0.25) is 5.21 Å². The van der Waals surface area contributed by atoms with Crippen LogP contribution < -0.4 is 9.47 Å². The van der Waals surface area contributed by atoms with Crippen molar-refractivity contribution in [2.45, 2.75) is 38.2 Å². The number of hydrogen-bond donors (Lipinski definition) is 2. The van der Waals surface area contributed by atoms with Crippen LogP contribution in [0.5, 0.6) is 11.5 Å². The van der Waals surface area contributed by atoms with E-state index in [1.807, 2.05) is 53.2 Å². The summed E-state index contributed by atoms with van der Waals surface area (Å²) in [6.07, 6.45) is 1.33. The van der Waals surface area contributed by atoms with Crippen molar-refractivity contribution in [2.75, 3.05) is 34.4 Å². The quantitative estimate of drug-likeness (QED) is 0.297. The first kappa shape index (κ1) is 27.0. The van der Waals surface area contributed by atoms with Gasteiger partial charge in [-0.15, -0.1) is 0 Å². The van der Waals surface area contributed by atoms with Crippen molar-refractivity contribution in [2.24, 2.45) is 0 Å². The number of carbonyl (C=O) groups is 1. The lowest BCUT2D eigenvalue weighted by atomic mass is 9.90. The third kappa shape index (κ3) is 5.93. The van der Waals surface area contributed by atoms with Gasteiger partial charge in [-0.2, -0.15) is 5.10 Å². The molecule has 0 bridgehead atoms. The van der Waals surface area contributed by atoms with E-state index in [2.05, 4.69) is 11.8 Å². The SMILES string of the molecule is COc1ccc(-c2c(C#CC(C)(C)O)c(C3CCN(C(=O)N(C)O)CC3)nn2-c2ccc(OC)cc2)cc1. The van der Waals surface area contributed by atoms with Crippen LogP contribution in [0.3, 0.4) is 0 Å². The van der Waals surface area contributed by atoms with Crippen LogP contribution in [0.4, 0.5) is 4.79 Å². The second-order valence-electron chi connectivity index (χ2n) is 9.82. The number of rotatable bonds is 5. The van der Waals surface area contributed by atoms with Gasteiger partial charge in [-0.25, -0.2) is 14.5 Å². The van der Waals surface area contributed by atoms with Gasteiger partial charge in [0, 0.05) is 31.6 Å². The average Bonchev–Trinajstić information content (AvgIpc) is 3.30. The standard InChI is InChI=1S/C29H34N4O5/c1-29(2,35)17-14-25-26(20-15-18-32(19-16-20)28(34)31(3)36)30-33(22-8-12-24(38-5)13-9-22)27(25)21-6-10-23(37-4)11-7-21/h6-13,20,35-36H,15-16,18-19H2,1-5H3. The molecule has 0 atom stereocenters. The number of methoxy groups -OCH3 is 2. The molecule has 3 aromatic rings. The number of hydrogen-bond acceptors (Lipinski definition) is 6. The van der Waals surface area contributed by atoms with E-state index in [1.165, 1.54) is 7.05 Å². The van der Waals surface area contributed by atoms with Crippen molar-refractivity contribution in [1.82, 2.24) is 19.7 Å². The van der Waals surface area contributed by atoms with Crippen molar-refractivity contribution < 1.29 is 24.6 Å². The van der Waals surface area contributed by atoms with Gasteiger partial charge in [0.2, 0.25) is 0 Å². The van der Waals surface area contributed by atoms with Crippen LogP contribution in [0.1, 0.15) is 43.9 Å². The van der Waals surface area contributed by atoms with Gasteiger partial charge in [0.25, 0.3) is 0 Å². The number of carbonyl (C=O) groups excluding carboxylic acids is 1. The van der Waals surface area contributed by atoms with Crippen molar-refractivity contribution in [3.63, 3.8) is 0 Å². The molecular weight excluding hydrogens is 484 g/mol. The number of ether oxygens (including phenoxy) is 2. The summed E-state index contributed by atoms with van der Waals surface area (Å²) in [5, 5.41) is 25.7. The van der Waals surface area contributed by atoms with Crippen molar-refractivity contribution in [3.05, 3.63) is 59.8 Å². The molecule has 0 aliphatic carbocycles. The van der Waals surface area contributed by atoms with E-state index >= 15 is 0 Å². The maximum atomic E-state index is 12.3. The second-order valence-corrected chi connectivity index (χ2v) is 9.82. The molecule has 2 aromatic carbocycles. The Balaban J connectivity index is 1.87. The van der Waals surface area contributed by atoms with Gasteiger partial charge in [-0.1, -0.05) is 11.8 Å². The molecule has 9 heteroatoms. The van der Waals surface area contributed by atoms with Gasteiger partial charge in [0.05, 0.1) is 36.9 Å². The van der Waals surface area contributed by atoms with Gasteiger partial charge >= 0.3 is 6.03 Å². The molecule has 2 heterocycles. The minimum atomic E-state index is -1.20. The summed E-state index contributed by atoms with van der Waals surface area (Å²) >= 11 is 0.